The van der Waals surface area contributed by atoms with Gasteiger partial charge in [-0.2, -0.15) is 0 Å². The van der Waals surface area contributed by atoms with E-state index in [-0.39, 0.29) is 16.3 Å². The maximum absolute atomic E-state index is 13.4. The molecule has 25 heavy (non-hydrogen) atoms. The van der Waals surface area contributed by atoms with Crippen LogP contribution in [0.4, 0.5) is 0 Å². The zero-order valence-corrected chi connectivity index (χ0v) is 17.7. The second-order valence-electron chi connectivity index (χ2n) is 8.52. The topological polar surface area (TPSA) is 51.2 Å². The number of hydrogen-bond donors (Lipinski definition) is 0. The Balaban J connectivity index is 2.72. The van der Waals surface area contributed by atoms with E-state index in [2.05, 4.69) is 39.7 Å². The molecule has 0 bridgehead atoms. The molecule has 3 rings (SSSR count). The maximum Gasteiger partial charge on any atom is 0.194 e. The molecule has 0 saturated heterocycles. The fourth-order valence-corrected chi connectivity index (χ4v) is 7.67. The highest BCUT2D eigenvalue weighted by Crippen LogP contribution is 2.21. The average molecular weight is 369 g/mol. The van der Waals surface area contributed by atoms with Crippen molar-refractivity contribution in [2.45, 2.75) is 45.7 Å². The molecule has 0 saturated carbocycles. The van der Waals surface area contributed by atoms with E-state index in [1.54, 1.807) is 24.3 Å². The Bertz CT molecular complexity index is 1100. The molecule has 2 aliphatic carbocycles. The third kappa shape index (κ3) is 2.48. The van der Waals surface area contributed by atoms with Crippen LogP contribution in [0.5, 0.6) is 0 Å². The fourth-order valence-electron chi connectivity index (χ4n) is 3.74. The average Bonchev–Trinajstić information content (AvgIpc) is 2.87. The van der Waals surface area contributed by atoms with Crippen LogP contribution in [0.2, 0.25) is 38.8 Å². The maximum atomic E-state index is 13.4. The predicted octanol–water partition coefficient (Wildman–Crippen LogP) is 2.38. The van der Waals surface area contributed by atoms with Crippen molar-refractivity contribution in [3.8, 4) is 11.1 Å². The molecule has 1 aromatic rings. The molecule has 0 spiro atoms. The van der Waals surface area contributed by atoms with Crippen molar-refractivity contribution < 1.29 is 0 Å². The first-order valence-electron chi connectivity index (χ1n) is 8.75. The standard InChI is InChI=1S/C20H24O3Si2/c1-7-25(5,6)20-15-14(19(18(20)23)24(2,3)4)16(21)12-10-8-9-11-13(12)17(15)22/h8-11H,7H2,1-6H3. The highest BCUT2D eigenvalue weighted by Gasteiger charge is 2.40. The van der Waals surface area contributed by atoms with Gasteiger partial charge >= 0.3 is 0 Å². The van der Waals surface area contributed by atoms with E-state index in [4.69, 9.17) is 0 Å². The molecule has 130 valence electrons. The summed E-state index contributed by atoms with van der Waals surface area (Å²) in [6.45, 7) is 12.5. The van der Waals surface area contributed by atoms with E-state index in [0.717, 1.165) is 6.04 Å². The Kier molecular flexibility index (Phi) is 4.00. The summed E-state index contributed by atoms with van der Waals surface area (Å²) >= 11 is 0. The Hall–Kier alpha value is -1.86. The van der Waals surface area contributed by atoms with Crippen molar-refractivity contribution in [3.63, 3.8) is 0 Å². The zero-order chi connectivity index (χ0) is 18.7. The molecule has 5 heteroatoms. The summed E-state index contributed by atoms with van der Waals surface area (Å²) in [7, 11) is -4.18. The number of rotatable bonds is 3. The van der Waals surface area contributed by atoms with Crippen LogP contribution >= 0.6 is 0 Å². The smallest absolute Gasteiger partial charge is 0.194 e. The minimum atomic E-state index is -2.09. The molecule has 0 fully saturated rings. The minimum absolute atomic E-state index is 0.0165. The van der Waals surface area contributed by atoms with E-state index in [1.165, 1.54) is 0 Å². The van der Waals surface area contributed by atoms with Crippen LogP contribution in [-0.2, 0) is 0 Å². The van der Waals surface area contributed by atoms with E-state index in [0.29, 0.717) is 32.3 Å². The lowest BCUT2D eigenvalue weighted by Crippen LogP contribution is -2.55. The van der Waals surface area contributed by atoms with Gasteiger partial charge in [0.1, 0.15) is 0 Å². The lowest BCUT2D eigenvalue weighted by atomic mass is 10.0. The van der Waals surface area contributed by atoms with Gasteiger partial charge in [-0.25, -0.2) is 0 Å². The van der Waals surface area contributed by atoms with E-state index in [1.807, 2.05) is 0 Å². The molecule has 3 nitrogen and oxygen atoms in total. The van der Waals surface area contributed by atoms with Gasteiger partial charge in [0.2, 0.25) is 0 Å². The summed E-state index contributed by atoms with van der Waals surface area (Å²) in [5.41, 5.74) is 0.557. The number of benzene rings is 2. The molecular formula is C20H24O3Si2. The van der Waals surface area contributed by atoms with Crippen molar-refractivity contribution in [1.82, 2.24) is 0 Å². The quantitative estimate of drug-likeness (QED) is 0.667. The normalized spacial score (nSPS) is 13.0. The van der Waals surface area contributed by atoms with Crippen LogP contribution in [0.15, 0.2) is 38.6 Å². The highest BCUT2D eigenvalue weighted by atomic mass is 28.3. The first-order chi connectivity index (χ1) is 11.5. The molecule has 0 heterocycles. The lowest BCUT2D eigenvalue weighted by Gasteiger charge is -2.20. The Morgan fingerprint density at radius 2 is 1.16 bits per heavy atom. The first-order valence-corrected chi connectivity index (χ1v) is 15.5. The summed E-state index contributed by atoms with van der Waals surface area (Å²) < 4.78 is 0. The SMILES string of the molecule is CC[Si](C)(C)c1c2c(=O)c3ccccc3c(=O)c-2c([Si](C)(C)C)c1=O. The van der Waals surface area contributed by atoms with Gasteiger partial charge in [-0.3, -0.25) is 14.4 Å². The van der Waals surface area contributed by atoms with Gasteiger partial charge in [0, 0.05) is 21.9 Å². The van der Waals surface area contributed by atoms with Gasteiger partial charge in [0.05, 0.1) is 16.1 Å². The predicted molar refractivity (Wildman–Crippen MR) is 112 cm³/mol. The molecule has 0 N–H and O–H groups in total. The molecule has 0 aromatic heterocycles. The summed E-state index contributed by atoms with van der Waals surface area (Å²) in [6.07, 6.45) is 0. The van der Waals surface area contributed by atoms with E-state index in [9.17, 15) is 14.4 Å². The second-order valence-corrected chi connectivity index (χ2v) is 18.5. The Morgan fingerprint density at radius 1 is 0.720 bits per heavy atom. The van der Waals surface area contributed by atoms with Gasteiger partial charge in [0.15, 0.2) is 16.3 Å². The summed E-state index contributed by atoms with van der Waals surface area (Å²) in [4.78, 5) is 39.9. The van der Waals surface area contributed by atoms with Crippen LogP contribution in [0.25, 0.3) is 21.9 Å². The summed E-state index contributed by atoms with van der Waals surface area (Å²) in [5.74, 6) is 0. The van der Waals surface area contributed by atoms with Crippen LogP contribution < -0.4 is 26.7 Å². The van der Waals surface area contributed by atoms with Crippen LogP contribution in [-0.4, -0.2) is 16.1 Å². The summed E-state index contributed by atoms with van der Waals surface area (Å²) in [5, 5.41) is 2.20. The molecule has 0 unspecified atom stereocenters. The molecule has 0 amide bonds. The van der Waals surface area contributed by atoms with Gasteiger partial charge < -0.3 is 0 Å². The molecule has 0 aliphatic heterocycles. The zero-order valence-electron chi connectivity index (χ0n) is 15.7. The van der Waals surface area contributed by atoms with Gasteiger partial charge in [-0.15, -0.1) is 0 Å². The van der Waals surface area contributed by atoms with Gasteiger partial charge in [-0.1, -0.05) is 70.0 Å². The molecule has 0 radical (unpaired) electrons. The van der Waals surface area contributed by atoms with Crippen molar-refractivity contribution in [3.05, 3.63) is 54.9 Å². The lowest BCUT2D eigenvalue weighted by molar-refractivity contribution is 1.37. The molecule has 2 aliphatic rings. The van der Waals surface area contributed by atoms with Crippen LogP contribution in [0, 0.1) is 0 Å². The van der Waals surface area contributed by atoms with Gasteiger partial charge in [-0.05, 0) is 10.4 Å². The number of hydrogen-bond acceptors (Lipinski definition) is 3. The minimum Gasteiger partial charge on any atom is -0.290 e. The molecule has 1 aromatic carbocycles. The Morgan fingerprint density at radius 3 is 1.56 bits per heavy atom. The summed E-state index contributed by atoms with van der Waals surface area (Å²) in [6, 6.07) is 7.82. The van der Waals surface area contributed by atoms with Crippen molar-refractivity contribution in [2.75, 3.05) is 0 Å². The van der Waals surface area contributed by atoms with Crippen molar-refractivity contribution in [1.29, 1.82) is 0 Å². The first kappa shape index (κ1) is 18.0. The van der Waals surface area contributed by atoms with Crippen LogP contribution in [0.3, 0.4) is 0 Å². The van der Waals surface area contributed by atoms with E-state index >= 15 is 0 Å². The van der Waals surface area contributed by atoms with E-state index < -0.39 is 16.1 Å². The third-order valence-corrected chi connectivity index (χ3v) is 11.0. The third-order valence-electron chi connectivity index (χ3n) is 5.39. The number of fused-ring (bicyclic) bond motifs is 2. The van der Waals surface area contributed by atoms with Crippen LogP contribution in [0.1, 0.15) is 6.92 Å². The highest BCUT2D eigenvalue weighted by molar-refractivity contribution is 6.94. The second kappa shape index (κ2) is 5.57. The van der Waals surface area contributed by atoms with Crippen molar-refractivity contribution in [2.24, 2.45) is 0 Å². The van der Waals surface area contributed by atoms with Gasteiger partial charge in [0.25, 0.3) is 0 Å². The largest absolute Gasteiger partial charge is 0.290 e. The van der Waals surface area contributed by atoms with Crippen molar-refractivity contribution >= 4 is 37.3 Å². The fraction of sp³-hybridized carbons (Fsp3) is 0.350. The Labute approximate surface area is 149 Å². The monoisotopic (exact) mass is 368 g/mol. The molecular weight excluding hydrogens is 344 g/mol. The molecule has 0 atom stereocenters.